The maximum absolute atomic E-state index is 9.53. The van der Waals surface area contributed by atoms with Crippen molar-refractivity contribution in [1.82, 2.24) is 0 Å². The first-order chi connectivity index (χ1) is 6.25. The van der Waals surface area contributed by atoms with Crippen LogP contribution in [0.4, 0.5) is 0 Å². The minimum atomic E-state index is 0.207. The Kier molecular flexibility index (Phi) is 3.58. The van der Waals surface area contributed by atoms with Gasteiger partial charge in [0.15, 0.2) is 11.5 Å². The zero-order valence-corrected chi connectivity index (χ0v) is 7.91. The molecule has 13 heavy (non-hydrogen) atoms. The van der Waals surface area contributed by atoms with Gasteiger partial charge in [-0.2, -0.15) is 0 Å². The monoisotopic (exact) mass is 182 g/mol. The number of ether oxygens (including phenoxy) is 2. The quantitative estimate of drug-likeness (QED) is 0.720. The highest BCUT2D eigenvalue weighted by molar-refractivity contribution is 5.44. The number of aromatic hydroxyl groups is 1. The van der Waals surface area contributed by atoms with E-state index in [4.69, 9.17) is 9.47 Å². The fourth-order valence-electron chi connectivity index (χ4n) is 0.983. The van der Waals surface area contributed by atoms with E-state index in [1.165, 1.54) is 0 Å². The first-order valence-electron chi connectivity index (χ1n) is 4.16. The Morgan fingerprint density at radius 2 is 2.08 bits per heavy atom. The van der Waals surface area contributed by atoms with Gasteiger partial charge in [0.2, 0.25) is 0 Å². The van der Waals surface area contributed by atoms with Crippen LogP contribution in [-0.4, -0.2) is 25.4 Å². The van der Waals surface area contributed by atoms with Crippen molar-refractivity contribution in [1.29, 1.82) is 0 Å². The van der Waals surface area contributed by atoms with E-state index in [-0.39, 0.29) is 5.75 Å². The fraction of sp³-hybridized carbons (Fsp3) is 0.400. The summed E-state index contributed by atoms with van der Waals surface area (Å²) in [7, 11) is 1.61. The Labute approximate surface area is 77.9 Å². The standard InChI is InChI=1S/C10H14O3/c1-8-4-3-5-9(10(8)11)13-7-6-12-2/h3-5,11H,6-7H2,1-2H3. The lowest BCUT2D eigenvalue weighted by atomic mass is 10.2. The Bertz CT molecular complexity index is 271. The third-order valence-electron chi connectivity index (χ3n) is 1.75. The molecule has 0 radical (unpaired) electrons. The van der Waals surface area contributed by atoms with E-state index < -0.39 is 0 Å². The number of aryl methyl sites for hydroxylation is 1. The van der Waals surface area contributed by atoms with Crippen LogP contribution in [0.5, 0.6) is 11.5 Å². The third-order valence-corrected chi connectivity index (χ3v) is 1.75. The van der Waals surface area contributed by atoms with Crippen LogP contribution in [0.25, 0.3) is 0 Å². The van der Waals surface area contributed by atoms with Crippen molar-refractivity contribution in [2.45, 2.75) is 6.92 Å². The highest BCUT2D eigenvalue weighted by atomic mass is 16.5. The second-order valence-corrected chi connectivity index (χ2v) is 2.76. The molecular weight excluding hydrogens is 168 g/mol. The van der Waals surface area contributed by atoms with Gasteiger partial charge in [0.05, 0.1) is 6.61 Å². The average Bonchev–Trinajstić information content (AvgIpc) is 2.13. The molecule has 0 amide bonds. The summed E-state index contributed by atoms with van der Waals surface area (Å²) in [5.41, 5.74) is 0.815. The number of hydrogen-bond donors (Lipinski definition) is 1. The highest BCUT2D eigenvalue weighted by Crippen LogP contribution is 2.28. The summed E-state index contributed by atoms with van der Waals surface area (Å²) in [6, 6.07) is 5.41. The fourth-order valence-corrected chi connectivity index (χ4v) is 0.983. The molecule has 0 spiro atoms. The van der Waals surface area contributed by atoms with Gasteiger partial charge in [-0.05, 0) is 18.6 Å². The minimum absolute atomic E-state index is 0.207. The number of benzene rings is 1. The van der Waals surface area contributed by atoms with Crippen molar-refractivity contribution < 1.29 is 14.6 Å². The van der Waals surface area contributed by atoms with Crippen LogP contribution in [0.15, 0.2) is 18.2 Å². The molecule has 0 aliphatic heterocycles. The topological polar surface area (TPSA) is 38.7 Å². The summed E-state index contributed by atoms with van der Waals surface area (Å²) in [5, 5.41) is 9.53. The number of phenolic OH excluding ortho intramolecular Hbond substituents is 1. The molecule has 0 aliphatic carbocycles. The van der Waals surface area contributed by atoms with Gasteiger partial charge in [0, 0.05) is 7.11 Å². The maximum Gasteiger partial charge on any atom is 0.161 e. The first-order valence-corrected chi connectivity index (χ1v) is 4.16. The lowest BCUT2D eigenvalue weighted by Crippen LogP contribution is -2.04. The van der Waals surface area contributed by atoms with Crippen LogP contribution < -0.4 is 4.74 Å². The molecule has 1 N–H and O–H groups in total. The van der Waals surface area contributed by atoms with E-state index in [2.05, 4.69) is 0 Å². The van der Waals surface area contributed by atoms with Crippen LogP contribution in [0, 0.1) is 6.92 Å². The second kappa shape index (κ2) is 4.72. The van der Waals surface area contributed by atoms with Gasteiger partial charge in [-0.1, -0.05) is 12.1 Å². The molecule has 1 aromatic carbocycles. The van der Waals surface area contributed by atoms with E-state index in [0.717, 1.165) is 5.56 Å². The molecule has 1 rings (SSSR count). The molecule has 0 heterocycles. The van der Waals surface area contributed by atoms with Crippen molar-refractivity contribution in [2.75, 3.05) is 20.3 Å². The molecule has 0 atom stereocenters. The molecule has 72 valence electrons. The van der Waals surface area contributed by atoms with E-state index >= 15 is 0 Å². The zero-order valence-electron chi connectivity index (χ0n) is 7.91. The van der Waals surface area contributed by atoms with Crippen molar-refractivity contribution in [3.05, 3.63) is 23.8 Å². The number of rotatable bonds is 4. The predicted molar refractivity (Wildman–Crippen MR) is 50.2 cm³/mol. The van der Waals surface area contributed by atoms with Crippen molar-refractivity contribution in [2.24, 2.45) is 0 Å². The molecule has 3 heteroatoms. The van der Waals surface area contributed by atoms with E-state index in [9.17, 15) is 5.11 Å². The lowest BCUT2D eigenvalue weighted by molar-refractivity contribution is 0.144. The number of methoxy groups -OCH3 is 1. The molecule has 0 saturated heterocycles. The predicted octanol–water partition coefficient (Wildman–Crippen LogP) is 1.73. The van der Waals surface area contributed by atoms with Gasteiger partial charge >= 0.3 is 0 Å². The molecule has 3 nitrogen and oxygen atoms in total. The SMILES string of the molecule is COCCOc1cccc(C)c1O. The number of para-hydroxylation sites is 1. The van der Waals surface area contributed by atoms with Gasteiger partial charge in [-0.25, -0.2) is 0 Å². The molecule has 0 aromatic heterocycles. The van der Waals surface area contributed by atoms with E-state index in [0.29, 0.717) is 19.0 Å². The first kappa shape index (κ1) is 9.86. The van der Waals surface area contributed by atoms with Crippen LogP contribution >= 0.6 is 0 Å². The van der Waals surface area contributed by atoms with Gasteiger partial charge in [-0.3, -0.25) is 0 Å². The molecule has 1 aromatic rings. The Morgan fingerprint density at radius 3 is 2.77 bits per heavy atom. The average molecular weight is 182 g/mol. The van der Waals surface area contributed by atoms with E-state index in [1.807, 2.05) is 19.1 Å². The minimum Gasteiger partial charge on any atom is -0.504 e. The summed E-state index contributed by atoms with van der Waals surface area (Å²) in [4.78, 5) is 0. The Morgan fingerprint density at radius 1 is 1.31 bits per heavy atom. The smallest absolute Gasteiger partial charge is 0.161 e. The van der Waals surface area contributed by atoms with Crippen LogP contribution in [0.2, 0.25) is 0 Å². The van der Waals surface area contributed by atoms with E-state index in [1.54, 1.807) is 13.2 Å². The largest absolute Gasteiger partial charge is 0.504 e. The van der Waals surface area contributed by atoms with Crippen LogP contribution in [0.3, 0.4) is 0 Å². The molecule has 0 bridgehead atoms. The van der Waals surface area contributed by atoms with Gasteiger partial charge in [-0.15, -0.1) is 0 Å². The summed E-state index contributed by atoms with van der Waals surface area (Å²) >= 11 is 0. The van der Waals surface area contributed by atoms with Gasteiger partial charge in [0.1, 0.15) is 6.61 Å². The third kappa shape index (κ3) is 2.63. The van der Waals surface area contributed by atoms with Crippen LogP contribution in [0.1, 0.15) is 5.56 Å². The molecule has 0 unspecified atom stereocenters. The summed E-state index contributed by atoms with van der Waals surface area (Å²) in [6.07, 6.45) is 0. The summed E-state index contributed by atoms with van der Waals surface area (Å²) < 4.78 is 10.1. The highest BCUT2D eigenvalue weighted by Gasteiger charge is 2.03. The van der Waals surface area contributed by atoms with Crippen LogP contribution in [-0.2, 0) is 4.74 Å². The molecule has 0 fully saturated rings. The Balaban J connectivity index is 2.61. The summed E-state index contributed by atoms with van der Waals surface area (Å²) in [6.45, 7) is 2.80. The lowest BCUT2D eigenvalue weighted by Gasteiger charge is -2.08. The molecular formula is C10H14O3. The van der Waals surface area contributed by atoms with Crippen molar-refractivity contribution in [3.8, 4) is 11.5 Å². The van der Waals surface area contributed by atoms with Crippen molar-refractivity contribution >= 4 is 0 Å². The normalized spacial score (nSPS) is 10.0. The molecule has 0 aliphatic rings. The number of phenols is 1. The molecule has 0 saturated carbocycles. The second-order valence-electron chi connectivity index (χ2n) is 2.76. The van der Waals surface area contributed by atoms with Crippen molar-refractivity contribution in [3.63, 3.8) is 0 Å². The summed E-state index contributed by atoms with van der Waals surface area (Å²) in [5.74, 6) is 0.718. The van der Waals surface area contributed by atoms with Gasteiger partial charge in [0.25, 0.3) is 0 Å². The maximum atomic E-state index is 9.53. The number of hydrogen-bond acceptors (Lipinski definition) is 3. The van der Waals surface area contributed by atoms with Gasteiger partial charge < -0.3 is 14.6 Å². The zero-order chi connectivity index (χ0) is 9.68. The Hall–Kier alpha value is -1.22.